The van der Waals surface area contributed by atoms with Crippen LogP contribution in [0.15, 0.2) is 42.5 Å². The average molecular weight is 353 g/mol. The number of nitrogens with zero attached hydrogens (tertiary/aromatic N) is 1. The highest BCUT2D eigenvalue weighted by molar-refractivity contribution is 6.21. The van der Waals surface area contributed by atoms with Crippen LogP contribution in [-0.2, 0) is 0 Å². The molecule has 134 valence electrons. The minimum Gasteiger partial charge on any atom is -0.491 e. The van der Waals surface area contributed by atoms with Crippen LogP contribution in [0.3, 0.4) is 0 Å². The number of carbonyl (C=O) groups excluding carboxylic acids is 3. The molecule has 0 N–H and O–H groups in total. The molecule has 2 aromatic rings. The summed E-state index contributed by atoms with van der Waals surface area (Å²) in [5.74, 6) is 0.277. The van der Waals surface area contributed by atoms with E-state index in [0.717, 1.165) is 4.90 Å². The maximum Gasteiger partial charge on any atom is 0.261 e. The lowest BCUT2D eigenvalue weighted by Gasteiger charge is -2.16. The summed E-state index contributed by atoms with van der Waals surface area (Å²) < 4.78 is 11.2. The van der Waals surface area contributed by atoms with Crippen molar-refractivity contribution < 1.29 is 23.9 Å². The van der Waals surface area contributed by atoms with Gasteiger partial charge in [-0.05, 0) is 38.1 Å². The van der Waals surface area contributed by atoms with Crippen molar-refractivity contribution in [2.24, 2.45) is 0 Å². The summed E-state index contributed by atoms with van der Waals surface area (Å²) in [5.41, 5.74) is 1.18. The predicted octanol–water partition coefficient (Wildman–Crippen LogP) is 2.96. The lowest BCUT2D eigenvalue weighted by Crippen LogP contribution is -2.33. The van der Waals surface area contributed by atoms with Gasteiger partial charge in [-0.1, -0.05) is 12.1 Å². The maximum absolute atomic E-state index is 12.3. The zero-order valence-corrected chi connectivity index (χ0v) is 14.6. The van der Waals surface area contributed by atoms with Crippen molar-refractivity contribution in [2.45, 2.75) is 20.0 Å². The molecule has 0 aliphatic carbocycles. The maximum atomic E-state index is 12.3. The van der Waals surface area contributed by atoms with Gasteiger partial charge in [0.15, 0.2) is 6.29 Å². The number of imide groups is 1. The smallest absolute Gasteiger partial charge is 0.261 e. The zero-order valence-electron chi connectivity index (χ0n) is 14.6. The minimum atomic E-state index is -0.332. The monoisotopic (exact) mass is 353 g/mol. The Labute approximate surface area is 151 Å². The third-order valence-corrected chi connectivity index (χ3v) is 3.93. The summed E-state index contributed by atoms with van der Waals surface area (Å²) >= 11 is 0. The van der Waals surface area contributed by atoms with E-state index in [1.165, 1.54) is 0 Å². The number of benzene rings is 2. The molecular formula is C20H19NO5. The van der Waals surface area contributed by atoms with Crippen LogP contribution in [0.5, 0.6) is 11.5 Å². The van der Waals surface area contributed by atoms with Gasteiger partial charge >= 0.3 is 0 Å². The number of fused-ring (bicyclic) bond motifs is 1. The fraction of sp³-hybridized carbons (Fsp3) is 0.250. The van der Waals surface area contributed by atoms with E-state index in [-0.39, 0.29) is 31.1 Å². The first-order valence-electron chi connectivity index (χ1n) is 8.35. The van der Waals surface area contributed by atoms with Crippen LogP contribution in [0.2, 0.25) is 0 Å². The quantitative estimate of drug-likeness (QED) is 0.565. The Morgan fingerprint density at radius 1 is 1.04 bits per heavy atom. The number of carbonyl (C=O) groups is 3. The Kier molecular flexibility index (Phi) is 5.02. The number of hydrogen-bond donors (Lipinski definition) is 0. The van der Waals surface area contributed by atoms with Gasteiger partial charge in [-0.25, -0.2) is 0 Å². The molecule has 0 aromatic heterocycles. The Hall–Kier alpha value is -3.15. The molecule has 0 saturated heterocycles. The van der Waals surface area contributed by atoms with Crippen LogP contribution in [-0.4, -0.2) is 42.3 Å². The third kappa shape index (κ3) is 3.44. The van der Waals surface area contributed by atoms with Crippen LogP contribution in [0.1, 0.15) is 44.9 Å². The molecule has 0 fully saturated rings. The van der Waals surface area contributed by atoms with E-state index in [1.807, 2.05) is 13.8 Å². The average Bonchev–Trinajstić information content (AvgIpc) is 2.87. The molecule has 0 atom stereocenters. The van der Waals surface area contributed by atoms with Gasteiger partial charge < -0.3 is 9.47 Å². The molecule has 2 amide bonds. The second kappa shape index (κ2) is 7.39. The minimum absolute atomic E-state index is 0.0109. The molecule has 2 aromatic carbocycles. The van der Waals surface area contributed by atoms with Gasteiger partial charge in [0.25, 0.3) is 11.8 Å². The highest BCUT2D eigenvalue weighted by Gasteiger charge is 2.34. The fourth-order valence-electron chi connectivity index (χ4n) is 2.77. The van der Waals surface area contributed by atoms with Gasteiger partial charge in [0, 0.05) is 6.07 Å². The molecule has 1 heterocycles. The van der Waals surface area contributed by atoms with Gasteiger partial charge in [0.05, 0.1) is 29.3 Å². The van der Waals surface area contributed by atoms with E-state index in [9.17, 15) is 14.4 Å². The Morgan fingerprint density at radius 3 is 2.27 bits per heavy atom. The van der Waals surface area contributed by atoms with E-state index < -0.39 is 0 Å². The van der Waals surface area contributed by atoms with Crippen molar-refractivity contribution in [3.05, 3.63) is 59.2 Å². The summed E-state index contributed by atoms with van der Waals surface area (Å²) in [5, 5.41) is 0. The van der Waals surface area contributed by atoms with Crippen molar-refractivity contribution >= 4 is 18.1 Å². The fourth-order valence-corrected chi connectivity index (χ4v) is 2.77. The largest absolute Gasteiger partial charge is 0.491 e. The molecule has 0 spiro atoms. The van der Waals surface area contributed by atoms with Gasteiger partial charge in [-0.15, -0.1) is 0 Å². The lowest BCUT2D eigenvalue weighted by atomic mass is 10.1. The molecule has 0 bridgehead atoms. The van der Waals surface area contributed by atoms with E-state index in [2.05, 4.69) is 0 Å². The standard InChI is InChI=1S/C20H19NO5/c1-13(2)26-15-8-7-14(12-22)18(11-15)25-10-9-21-19(23)16-5-3-4-6-17(16)20(21)24/h3-8,11-13H,9-10H2,1-2H3. The second-order valence-corrected chi connectivity index (χ2v) is 6.14. The topological polar surface area (TPSA) is 72.9 Å². The summed E-state index contributed by atoms with van der Waals surface area (Å²) in [6.45, 7) is 3.98. The molecule has 0 unspecified atom stereocenters. The number of hydrogen-bond acceptors (Lipinski definition) is 5. The Bertz CT molecular complexity index is 824. The molecule has 1 aliphatic rings. The number of aldehydes is 1. The molecule has 1 aliphatic heterocycles. The third-order valence-electron chi connectivity index (χ3n) is 3.93. The van der Waals surface area contributed by atoms with Crippen LogP contribution in [0.4, 0.5) is 0 Å². The Morgan fingerprint density at radius 2 is 1.69 bits per heavy atom. The van der Waals surface area contributed by atoms with Crippen molar-refractivity contribution in [3.8, 4) is 11.5 Å². The van der Waals surface area contributed by atoms with E-state index in [4.69, 9.17) is 9.47 Å². The zero-order chi connectivity index (χ0) is 18.7. The summed E-state index contributed by atoms with van der Waals surface area (Å²) in [6.07, 6.45) is 0.680. The van der Waals surface area contributed by atoms with Gasteiger partial charge in [-0.3, -0.25) is 19.3 Å². The lowest BCUT2D eigenvalue weighted by molar-refractivity contribution is 0.0630. The summed E-state index contributed by atoms with van der Waals surface area (Å²) in [6, 6.07) is 11.7. The highest BCUT2D eigenvalue weighted by Crippen LogP contribution is 2.25. The summed E-state index contributed by atoms with van der Waals surface area (Å²) in [7, 11) is 0. The van der Waals surface area contributed by atoms with Gasteiger partial charge in [0.2, 0.25) is 0 Å². The summed E-state index contributed by atoms with van der Waals surface area (Å²) in [4.78, 5) is 37.0. The molecular weight excluding hydrogens is 334 g/mol. The van der Waals surface area contributed by atoms with Crippen LogP contribution >= 0.6 is 0 Å². The SMILES string of the molecule is CC(C)Oc1ccc(C=O)c(OCCN2C(=O)c3ccccc3C2=O)c1. The van der Waals surface area contributed by atoms with Crippen LogP contribution in [0, 0.1) is 0 Å². The van der Waals surface area contributed by atoms with Crippen molar-refractivity contribution in [2.75, 3.05) is 13.2 Å². The van der Waals surface area contributed by atoms with Crippen LogP contribution in [0.25, 0.3) is 0 Å². The normalized spacial score (nSPS) is 13.1. The highest BCUT2D eigenvalue weighted by atomic mass is 16.5. The van der Waals surface area contributed by atoms with E-state index >= 15 is 0 Å². The number of ether oxygens (including phenoxy) is 2. The second-order valence-electron chi connectivity index (χ2n) is 6.14. The van der Waals surface area contributed by atoms with Gasteiger partial charge in [-0.2, -0.15) is 0 Å². The van der Waals surface area contributed by atoms with E-state index in [0.29, 0.717) is 34.5 Å². The van der Waals surface area contributed by atoms with E-state index in [1.54, 1.807) is 42.5 Å². The molecule has 6 nitrogen and oxygen atoms in total. The first-order valence-corrected chi connectivity index (χ1v) is 8.35. The van der Waals surface area contributed by atoms with Crippen molar-refractivity contribution in [3.63, 3.8) is 0 Å². The van der Waals surface area contributed by atoms with Crippen molar-refractivity contribution in [1.29, 1.82) is 0 Å². The predicted molar refractivity (Wildman–Crippen MR) is 94.9 cm³/mol. The molecule has 26 heavy (non-hydrogen) atoms. The number of amides is 2. The molecule has 0 saturated carbocycles. The molecule has 6 heteroatoms. The molecule has 0 radical (unpaired) electrons. The first-order chi connectivity index (χ1) is 12.5. The molecule has 3 rings (SSSR count). The first kappa shape index (κ1) is 17.7. The van der Waals surface area contributed by atoms with Crippen molar-refractivity contribution in [1.82, 2.24) is 4.90 Å². The van der Waals surface area contributed by atoms with Crippen LogP contribution < -0.4 is 9.47 Å². The Balaban J connectivity index is 1.68. The number of rotatable bonds is 7. The van der Waals surface area contributed by atoms with Gasteiger partial charge in [0.1, 0.15) is 18.1 Å².